The fraction of sp³-hybridized carbons (Fsp3) is 0.917. The van der Waals surface area contributed by atoms with Crippen molar-refractivity contribution in [1.29, 1.82) is 0 Å². The van der Waals surface area contributed by atoms with Crippen molar-refractivity contribution in [2.45, 2.75) is 328 Å². The van der Waals surface area contributed by atoms with Gasteiger partial charge in [0.05, 0.1) is 62.3 Å². The summed E-state index contributed by atoms with van der Waals surface area (Å²) >= 11 is 0. The van der Waals surface area contributed by atoms with Crippen molar-refractivity contribution in [2.24, 2.45) is 50.2 Å². The van der Waals surface area contributed by atoms with Crippen molar-refractivity contribution < 1.29 is 183 Å². The number of carboxylic acid groups (broad SMARTS) is 1. The van der Waals surface area contributed by atoms with Crippen LogP contribution in [0.4, 0.5) is 0 Å². The summed E-state index contributed by atoms with van der Waals surface area (Å²) in [6.45, 7) is 11.3. The number of aldehydes is 1. The van der Waals surface area contributed by atoms with Gasteiger partial charge in [-0.05, 0) is 111 Å². The minimum absolute atomic E-state index is 0.0272. The highest BCUT2D eigenvalue weighted by atomic mass is 16.8. The summed E-state index contributed by atoms with van der Waals surface area (Å²) in [5.41, 5.74) is -5.26. The molecule has 7 saturated heterocycles. The predicted molar refractivity (Wildman–Crippen MR) is 360 cm³/mol. The molecule has 7 aliphatic heterocycles. The Morgan fingerprint density at radius 2 is 1.11 bits per heavy atom. The monoisotopic (exact) mass is 1580 g/mol. The second kappa shape index (κ2) is 32.8. The molecule has 7 heterocycles. The molecule has 38 nitrogen and oxygen atoms in total. The van der Waals surface area contributed by atoms with Crippen LogP contribution in [0, 0.1) is 50.2 Å². The molecule has 11 fully saturated rings. The molecule has 628 valence electrons. The molecule has 21 unspecified atom stereocenters. The fourth-order valence-electron chi connectivity index (χ4n) is 20.6. The molecule has 0 radical (unpaired) electrons. The highest BCUT2D eigenvalue weighted by Gasteiger charge is 2.73. The molecular weight excluding hydrogens is 1470 g/mol. The molecule has 0 aromatic heterocycles. The van der Waals surface area contributed by atoms with E-state index in [-0.39, 0.29) is 31.6 Å². The summed E-state index contributed by atoms with van der Waals surface area (Å²) in [4.78, 5) is 57.2. The first-order valence-electron chi connectivity index (χ1n) is 38.1. The van der Waals surface area contributed by atoms with E-state index in [4.69, 9.17) is 66.3 Å². The Morgan fingerprint density at radius 3 is 1.72 bits per heavy atom. The van der Waals surface area contributed by atoms with E-state index in [1.54, 1.807) is 13.8 Å². The Kier molecular flexibility index (Phi) is 25.6. The average Bonchev–Trinajstić information content (AvgIpc) is 0.730. The third kappa shape index (κ3) is 15.0. The summed E-state index contributed by atoms with van der Waals surface area (Å²) in [6, 6.07) is -1.66. The lowest BCUT2D eigenvalue weighted by molar-refractivity contribution is -0.391. The number of carbonyl (C=O) groups is 4. The van der Waals surface area contributed by atoms with Gasteiger partial charge in [-0.3, -0.25) is 9.59 Å². The number of hydrogen-bond acceptors (Lipinski definition) is 36. The molecule has 0 bridgehead atoms. The van der Waals surface area contributed by atoms with Crippen LogP contribution in [-0.2, 0) is 85.5 Å². The number of esters is 1. The van der Waals surface area contributed by atoms with E-state index in [2.05, 4.69) is 32.2 Å². The van der Waals surface area contributed by atoms with Gasteiger partial charge in [0.1, 0.15) is 140 Å². The molecule has 42 atom stereocenters. The lowest BCUT2D eigenvalue weighted by Crippen LogP contribution is -2.70. The number of nitrogens with one attached hydrogen (secondary N) is 1. The highest BCUT2D eigenvalue weighted by molar-refractivity contribution is 5.80. The standard InChI is InChI=1S/C72H113NO37/c1-9-31-42(83)49(90)59(101-31)99-24-38(80)73-39-32(20-74)102-64(56(44(39)85)108-62-51(92)46(87)53(26(2)100-62)105-60-47(88)40(81)29(77)22-97-60)110-66(96)72-17-16-67(3,4)18-28(72)27-10-11-35-68(5)14-13-37(69(6,25-76)34(68)12-15-70(35,7)71(27,8)19-36(72)79)104-65-57(109-63-50(91)45(86)43(84)33(21-75)103-63)54(52(93)55(107-65)58(94)95)106-61-48(89)41(82)30(78)23-98-61/h10,25-26,28-37,39-57,59-65,74-75,77-79,81-93H,9,11-24H2,1-8H3,(H,73,80)(H,94,95)/t26?,28?,29-,30-,31+,32?,33?,34+,35?,36?,37-,39-,40?,41-,42?,43-,44?,45-,46?,47?,48?,49?,50?,51?,52+,53-,54-,55?,56?,57?,59+,60-,61-,62-,63-,64-,65+,68?,69+,70?,71?,72+/m0/s1. The maximum absolute atomic E-state index is 16.1. The maximum atomic E-state index is 16.1. The van der Waals surface area contributed by atoms with Gasteiger partial charge in [-0.1, -0.05) is 60.1 Å². The van der Waals surface area contributed by atoms with Crippen LogP contribution in [0.1, 0.15) is 120 Å². The average molecular weight is 1580 g/mol. The topological polar surface area (TPSA) is 594 Å². The van der Waals surface area contributed by atoms with Gasteiger partial charge in [0.25, 0.3) is 0 Å². The fourth-order valence-corrected chi connectivity index (χ4v) is 20.6. The SMILES string of the molecule is CC[C@H]1O[C@@H](OCC(=O)N[C@H]2C(CO)O[C@@H](OC(=O)[C@]34CCC(C)(C)CC3C3=CCC5C6(C)CC[C@H](O[C@@H]7OC(C(=O)O)[C@H](O)[C@H](O[C@@H]8OC[C@H](O)[C@H](O)C8O)C7O[C@@H]7OC(CO)[C@H](O)[C@H](O)C7O)[C@](C)(C=O)[C@@H]6CCC5(C)C3(C)CC4O)C(O[C@@H]3OC(C)[C@H](O[C@@H]4OC[C@H](O)C(O)C4O)C(O)C3O)C2O)C(O)C1O. The van der Waals surface area contributed by atoms with Gasteiger partial charge in [0, 0.05) is 0 Å². The van der Waals surface area contributed by atoms with Gasteiger partial charge in [-0.25, -0.2) is 4.79 Å². The smallest absolute Gasteiger partial charge is 0.335 e. The summed E-state index contributed by atoms with van der Waals surface area (Å²) < 4.78 is 83.8. The van der Waals surface area contributed by atoms with Gasteiger partial charge in [-0.2, -0.15) is 0 Å². The second-order valence-corrected chi connectivity index (χ2v) is 34.1. The predicted octanol–water partition coefficient (Wildman–Crippen LogP) is -6.84. The van der Waals surface area contributed by atoms with Gasteiger partial charge in [-0.15, -0.1) is 0 Å². The van der Waals surface area contributed by atoms with E-state index in [0.29, 0.717) is 38.5 Å². The number of ether oxygens (including phenoxy) is 14. The molecule has 4 saturated carbocycles. The Hall–Kier alpha value is -3.42. The van der Waals surface area contributed by atoms with Crippen LogP contribution in [0.2, 0.25) is 0 Å². The summed E-state index contributed by atoms with van der Waals surface area (Å²) in [5, 5.41) is 212. The Labute approximate surface area is 633 Å². The maximum Gasteiger partial charge on any atom is 0.335 e. The van der Waals surface area contributed by atoms with E-state index in [0.717, 1.165) is 11.9 Å². The number of aliphatic hydroxyl groups excluding tert-OH is 18. The number of aliphatic carboxylic acids is 1. The summed E-state index contributed by atoms with van der Waals surface area (Å²) in [5.74, 6) is -5.31. The summed E-state index contributed by atoms with van der Waals surface area (Å²) in [7, 11) is 0. The lowest BCUT2D eigenvalue weighted by atomic mass is 9.33. The normalized spacial score (nSPS) is 52.9. The number of amides is 1. The number of allylic oxidation sites excluding steroid dienone is 2. The third-order valence-corrected chi connectivity index (χ3v) is 27.2. The molecule has 0 spiro atoms. The number of carbonyl (C=O) groups excluding carboxylic acids is 3. The zero-order valence-electron chi connectivity index (χ0n) is 62.5. The van der Waals surface area contributed by atoms with Gasteiger partial charge >= 0.3 is 11.9 Å². The van der Waals surface area contributed by atoms with Crippen LogP contribution in [0.3, 0.4) is 0 Å². The zero-order chi connectivity index (χ0) is 80.3. The van der Waals surface area contributed by atoms with E-state index < -0.39 is 304 Å². The quantitative estimate of drug-likeness (QED) is 0.0220. The van der Waals surface area contributed by atoms with Crippen molar-refractivity contribution in [3.05, 3.63) is 11.6 Å². The third-order valence-electron chi connectivity index (χ3n) is 27.2. The number of hydrogen-bond donors (Lipinski definition) is 20. The van der Waals surface area contributed by atoms with Crippen molar-refractivity contribution in [1.82, 2.24) is 5.32 Å². The molecule has 1 amide bonds. The highest BCUT2D eigenvalue weighted by Crippen LogP contribution is 2.76. The first-order chi connectivity index (χ1) is 51.7. The molecule has 38 heteroatoms. The number of aliphatic hydroxyl groups is 18. The number of carboxylic acids is 1. The molecule has 5 aliphatic carbocycles. The van der Waals surface area contributed by atoms with E-state index in [9.17, 15) is 111 Å². The zero-order valence-corrected chi connectivity index (χ0v) is 62.5. The Balaban J connectivity index is 0.822. The van der Waals surface area contributed by atoms with Crippen molar-refractivity contribution in [3.63, 3.8) is 0 Å². The number of rotatable bonds is 21. The van der Waals surface area contributed by atoms with Crippen LogP contribution >= 0.6 is 0 Å². The van der Waals surface area contributed by atoms with Crippen LogP contribution < -0.4 is 5.32 Å². The van der Waals surface area contributed by atoms with Crippen molar-refractivity contribution in [3.8, 4) is 0 Å². The largest absolute Gasteiger partial charge is 0.479 e. The minimum atomic E-state index is -2.24. The van der Waals surface area contributed by atoms with E-state index >= 15 is 4.79 Å². The van der Waals surface area contributed by atoms with Gasteiger partial charge in [0.2, 0.25) is 12.2 Å². The molecule has 0 aromatic carbocycles. The molecule has 20 N–H and O–H groups in total. The van der Waals surface area contributed by atoms with Crippen LogP contribution in [0.15, 0.2) is 11.6 Å². The van der Waals surface area contributed by atoms with Gasteiger partial charge < -0.3 is 173 Å². The molecule has 12 aliphatic rings. The lowest BCUT2D eigenvalue weighted by Gasteiger charge is -2.71. The van der Waals surface area contributed by atoms with Crippen molar-refractivity contribution >= 4 is 24.1 Å². The van der Waals surface area contributed by atoms with Crippen LogP contribution in [0.25, 0.3) is 0 Å². The molecular formula is C72H113NO37. The van der Waals surface area contributed by atoms with Crippen molar-refractivity contribution in [2.75, 3.05) is 33.0 Å². The Bertz CT molecular complexity index is 3250. The second-order valence-electron chi connectivity index (χ2n) is 34.1. The van der Waals surface area contributed by atoms with Gasteiger partial charge in [0.15, 0.2) is 49.9 Å². The Morgan fingerprint density at radius 1 is 0.545 bits per heavy atom. The van der Waals surface area contributed by atoms with Crippen LogP contribution in [-0.4, -0.2) is 363 Å². The molecule has 0 aromatic rings. The minimum Gasteiger partial charge on any atom is -0.479 e. The first kappa shape index (κ1) is 85.9. The molecule has 12 rings (SSSR count). The van der Waals surface area contributed by atoms with E-state index in [1.165, 1.54) is 6.92 Å². The van der Waals surface area contributed by atoms with E-state index in [1.807, 2.05) is 13.8 Å². The first-order valence-corrected chi connectivity index (χ1v) is 38.1. The molecule has 110 heavy (non-hydrogen) atoms. The summed E-state index contributed by atoms with van der Waals surface area (Å²) in [6.07, 6.45) is -53.0. The van der Waals surface area contributed by atoms with Crippen LogP contribution in [0.5, 0.6) is 0 Å². The number of fused-ring (bicyclic) bond motifs is 7.